The van der Waals surface area contributed by atoms with Gasteiger partial charge < -0.3 is 11.1 Å². The van der Waals surface area contributed by atoms with Gasteiger partial charge in [-0.15, -0.1) is 0 Å². The van der Waals surface area contributed by atoms with Gasteiger partial charge in [-0.2, -0.15) is 0 Å². The van der Waals surface area contributed by atoms with E-state index in [4.69, 9.17) is 5.73 Å². The summed E-state index contributed by atoms with van der Waals surface area (Å²) in [6.07, 6.45) is 4.24. The number of hydrogen-bond acceptors (Lipinski definition) is 4. The number of nitrogens with two attached hydrogens (primary N) is 1. The smallest absolute Gasteiger partial charge is 0.295 e. The van der Waals surface area contributed by atoms with Gasteiger partial charge in [-0.25, -0.2) is 0 Å². The lowest BCUT2D eigenvalue weighted by molar-refractivity contribution is -0.384. The second-order valence-corrected chi connectivity index (χ2v) is 4.93. The van der Waals surface area contributed by atoms with Crippen molar-refractivity contribution in [2.45, 2.75) is 44.7 Å². The number of nitro benzene ring substituents is 1. The summed E-state index contributed by atoms with van der Waals surface area (Å²) in [5, 5.41) is 14.4. The minimum atomic E-state index is -0.327. The summed E-state index contributed by atoms with van der Waals surface area (Å²) < 4.78 is 0. The molecule has 18 heavy (non-hydrogen) atoms. The largest absolute Gasteiger partial charge is 0.375 e. The van der Waals surface area contributed by atoms with E-state index in [9.17, 15) is 10.1 Å². The molecule has 1 aromatic carbocycles. The summed E-state index contributed by atoms with van der Waals surface area (Å²) in [5.74, 6) is 0. The van der Waals surface area contributed by atoms with Gasteiger partial charge in [0, 0.05) is 17.6 Å². The van der Waals surface area contributed by atoms with Gasteiger partial charge >= 0.3 is 0 Å². The first kappa shape index (κ1) is 12.8. The van der Waals surface area contributed by atoms with Crippen molar-refractivity contribution in [3.63, 3.8) is 0 Å². The molecule has 0 heterocycles. The number of benzene rings is 1. The molecule has 3 N–H and O–H groups in total. The number of nitro groups is 1. The minimum absolute atomic E-state index is 0.0823. The van der Waals surface area contributed by atoms with Crippen LogP contribution >= 0.6 is 0 Å². The number of nitrogens with zero attached hydrogens (tertiary/aromatic N) is 1. The molecule has 2 unspecified atom stereocenters. The van der Waals surface area contributed by atoms with Crippen molar-refractivity contribution in [1.82, 2.24) is 0 Å². The molecule has 1 aliphatic rings. The topological polar surface area (TPSA) is 81.2 Å². The highest BCUT2D eigenvalue weighted by molar-refractivity contribution is 5.65. The number of nitrogens with one attached hydrogen (secondary N) is 1. The average Bonchev–Trinajstić information content (AvgIpc) is 2.31. The van der Waals surface area contributed by atoms with E-state index in [2.05, 4.69) is 5.32 Å². The van der Waals surface area contributed by atoms with E-state index in [1.807, 2.05) is 6.07 Å². The molecule has 0 radical (unpaired) electrons. The van der Waals surface area contributed by atoms with Gasteiger partial charge in [0.15, 0.2) is 0 Å². The Bertz CT molecular complexity index is 448. The highest BCUT2D eigenvalue weighted by Crippen LogP contribution is 2.30. The Morgan fingerprint density at radius 3 is 2.78 bits per heavy atom. The summed E-state index contributed by atoms with van der Waals surface area (Å²) in [5.41, 5.74) is 7.48. The predicted octanol–water partition coefficient (Wildman–Crippen LogP) is 2.59. The first-order chi connectivity index (χ1) is 8.59. The van der Waals surface area contributed by atoms with Gasteiger partial charge in [0.2, 0.25) is 0 Å². The fourth-order valence-electron chi connectivity index (χ4n) is 2.56. The first-order valence-electron chi connectivity index (χ1n) is 6.35. The predicted molar refractivity (Wildman–Crippen MR) is 71.7 cm³/mol. The molecule has 2 atom stereocenters. The molecule has 1 saturated carbocycles. The van der Waals surface area contributed by atoms with Gasteiger partial charge in [-0.3, -0.25) is 10.1 Å². The first-order valence-corrected chi connectivity index (χ1v) is 6.35. The fourth-order valence-corrected chi connectivity index (χ4v) is 2.56. The maximum atomic E-state index is 11.1. The van der Waals surface area contributed by atoms with E-state index in [-0.39, 0.29) is 22.7 Å². The number of para-hydroxylation sites is 1. The van der Waals surface area contributed by atoms with Gasteiger partial charge in [0.05, 0.1) is 4.92 Å². The number of anilines is 1. The lowest BCUT2D eigenvalue weighted by Gasteiger charge is -2.30. The van der Waals surface area contributed by atoms with Crippen LogP contribution < -0.4 is 11.1 Å². The molecule has 1 aliphatic carbocycles. The van der Waals surface area contributed by atoms with E-state index in [0.717, 1.165) is 25.7 Å². The summed E-state index contributed by atoms with van der Waals surface area (Å²) in [4.78, 5) is 10.8. The molecule has 0 spiro atoms. The molecule has 98 valence electrons. The quantitative estimate of drug-likeness (QED) is 0.637. The molecule has 0 aliphatic heterocycles. The van der Waals surface area contributed by atoms with Crippen molar-refractivity contribution in [2.75, 3.05) is 5.32 Å². The average molecular weight is 249 g/mol. The fraction of sp³-hybridized carbons (Fsp3) is 0.538. The molecule has 0 bridgehead atoms. The van der Waals surface area contributed by atoms with Gasteiger partial charge in [0.1, 0.15) is 5.69 Å². The zero-order valence-corrected chi connectivity index (χ0v) is 10.6. The van der Waals surface area contributed by atoms with Crippen LogP contribution in [-0.4, -0.2) is 17.0 Å². The molecule has 1 fully saturated rings. The van der Waals surface area contributed by atoms with Crippen LogP contribution in [0.25, 0.3) is 0 Å². The van der Waals surface area contributed by atoms with Crippen molar-refractivity contribution in [3.8, 4) is 0 Å². The zero-order chi connectivity index (χ0) is 13.1. The van der Waals surface area contributed by atoms with E-state index >= 15 is 0 Å². The summed E-state index contributed by atoms with van der Waals surface area (Å²) in [7, 11) is 0. The molecule has 0 aromatic heterocycles. The second-order valence-electron chi connectivity index (χ2n) is 4.93. The Balaban J connectivity index is 2.23. The summed E-state index contributed by atoms with van der Waals surface area (Å²) >= 11 is 0. The van der Waals surface area contributed by atoms with Crippen molar-refractivity contribution in [3.05, 3.63) is 33.9 Å². The SMILES string of the molecule is Cc1cccc(NC2CCCCC2N)c1[N+](=O)[O-]. The molecular weight excluding hydrogens is 230 g/mol. The van der Waals surface area contributed by atoms with Crippen molar-refractivity contribution < 1.29 is 4.92 Å². The van der Waals surface area contributed by atoms with Gasteiger partial charge in [-0.05, 0) is 25.8 Å². The minimum Gasteiger partial charge on any atom is -0.375 e. The summed E-state index contributed by atoms with van der Waals surface area (Å²) in [6.45, 7) is 1.75. The van der Waals surface area contributed by atoms with Crippen molar-refractivity contribution >= 4 is 11.4 Å². The highest BCUT2D eigenvalue weighted by Gasteiger charge is 2.25. The maximum Gasteiger partial charge on any atom is 0.295 e. The van der Waals surface area contributed by atoms with Gasteiger partial charge in [-0.1, -0.05) is 25.0 Å². The lowest BCUT2D eigenvalue weighted by atomic mass is 9.90. The Labute approximate surface area is 107 Å². The van der Waals surface area contributed by atoms with Crippen LogP contribution in [0.5, 0.6) is 0 Å². The van der Waals surface area contributed by atoms with Crippen molar-refractivity contribution in [1.29, 1.82) is 0 Å². The normalized spacial score (nSPS) is 23.7. The maximum absolute atomic E-state index is 11.1. The van der Waals surface area contributed by atoms with Crippen LogP contribution in [-0.2, 0) is 0 Å². The van der Waals surface area contributed by atoms with Crippen LogP contribution in [0.3, 0.4) is 0 Å². The van der Waals surface area contributed by atoms with E-state index in [0.29, 0.717) is 11.3 Å². The third kappa shape index (κ3) is 2.61. The highest BCUT2D eigenvalue weighted by atomic mass is 16.6. The second kappa shape index (κ2) is 5.35. The van der Waals surface area contributed by atoms with E-state index in [1.54, 1.807) is 19.1 Å². The Morgan fingerprint density at radius 2 is 2.11 bits per heavy atom. The molecule has 0 saturated heterocycles. The number of hydrogen-bond donors (Lipinski definition) is 2. The molecule has 2 rings (SSSR count). The molecule has 1 aromatic rings. The van der Waals surface area contributed by atoms with Crippen LogP contribution in [0.4, 0.5) is 11.4 Å². The third-order valence-electron chi connectivity index (χ3n) is 3.58. The van der Waals surface area contributed by atoms with Crippen LogP contribution in [0.1, 0.15) is 31.2 Å². The van der Waals surface area contributed by atoms with Crippen LogP contribution in [0, 0.1) is 17.0 Å². The van der Waals surface area contributed by atoms with Crippen LogP contribution in [0.2, 0.25) is 0 Å². The van der Waals surface area contributed by atoms with Crippen LogP contribution in [0.15, 0.2) is 18.2 Å². The van der Waals surface area contributed by atoms with E-state index in [1.165, 1.54) is 0 Å². The standard InChI is InChI=1S/C13H19N3O2/c1-9-5-4-8-12(13(9)16(17)18)15-11-7-3-2-6-10(11)14/h4-5,8,10-11,15H,2-3,6-7,14H2,1H3. The zero-order valence-electron chi connectivity index (χ0n) is 10.6. The monoisotopic (exact) mass is 249 g/mol. The Kier molecular flexibility index (Phi) is 3.81. The van der Waals surface area contributed by atoms with Gasteiger partial charge in [0.25, 0.3) is 5.69 Å². The number of aryl methyl sites for hydroxylation is 1. The molecular formula is C13H19N3O2. The summed E-state index contributed by atoms with van der Waals surface area (Å²) in [6, 6.07) is 5.56. The Morgan fingerprint density at radius 1 is 1.39 bits per heavy atom. The Hall–Kier alpha value is -1.62. The molecule has 5 nitrogen and oxygen atoms in total. The lowest BCUT2D eigenvalue weighted by Crippen LogP contribution is -2.42. The van der Waals surface area contributed by atoms with E-state index < -0.39 is 0 Å². The molecule has 5 heteroatoms. The number of rotatable bonds is 3. The third-order valence-corrected chi connectivity index (χ3v) is 3.58. The van der Waals surface area contributed by atoms with Crippen molar-refractivity contribution in [2.24, 2.45) is 5.73 Å². The molecule has 0 amide bonds.